The predicted octanol–water partition coefficient (Wildman–Crippen LogP) is 10.7. The number of aromatic nitrogens is 2. The molecule has 0 bridgehead atoms. The highest BCUT2D eigenvalue weighted by atomic mass is 16.4. The molecular formula is C105H118N10O22. The number of hydrogen-bond donors (Lipinski definition) is 15. The number of aryl methyl sites for hydroxylation is 4. The molecule has 32 nitrogen and oxygen atoms in total. The van der Waals surface area contributed by atoms with Crippen LogP contribution in [0.15, 0.2) is 255 Å². The van der Waals surface area contributed by atoms with Gasteiger partial charge in [-0.2, -0.15) is 0 Å². The van der Waals surface area contributed by atoms with E-state index in [-0.39, 0.29) is 139 Å². The summed E-state index contributed by atoms with van der Waals surface area (Å²) in [4.78, 5) is 198. The molecule has 0 aliphatic rings. The van der Waals surface area contributed by atoms with Crippen LogP contribution < -0.4 is 44.2 Å². The summed E-state index contributed by atoms with van der Waals surface area (Å²) in [6.07, 6.45) is 3.32. The van der Waals surface area contributed by atoms with Crippen LogP contribution in [0, 0.1) is 23.7 Å². The maximum absolute atomic E-state index is 13.0. The molecule has 0 aliphatic carbocycles. The molecule has 0 saturated carbocycles. The van der Waals surface area contributed by atoms with E-state index in [1.54, 1.807) is 12.1 Å². The molecule has 8 atom stereocenters. The first-order chi connectivity index (χ1) is 65.6. The van der Waals surface area contributed by atoms with Gasteiger partial charge in [-0.3, -0.25) is 76.7 Å². The number of aromatic amines is 1. The largest absolute Gasteiger partial charge is 0.508 e. The van der Waals surface area contributed by atoms with Gasteiger partial charge in [0.2, 0.25) is 47.3 Å². The van der Waals surface area contributed by atoms with E-state index in [9.17, 15) is 86.9 Å². The van der Waals surface area contributed by atoms with E-state index in [0.29, 0.717) is 36.9 Å². The van der Waals surface area contributed by atoms with E-state index in [4.69, 9.17) is 43.4 Å². The van der Waals surface area contributed by atoms with E-state index in [2.05, 4.69) is 31.2 Å². The quantitative estimate of drug-likeness (QED) is 0.0168. The van der Waals surface area contributed by atoms with Gasteiger partial charge in [0.1, 0.15) is 5.75 Å². The van der Waals surface area contributed by atoms with Gasteiger partial charge in [0, 0.05) is 107 Å². The van der Waals surface area contributed by atoms with E-state index >= 15 is 0 Å². The van der Waals surface area contributed by atoms with Gasteiger partial charge in [-0.15, -0.1) is 0 Å². The summed E-state index contributed by atoms with van der Waals surface area (Å²) in [6, 6.07) is 73.3. The molecule has 32 heteroatoms. The number of aromatic hydroxyl groups is 1. The van der Waals surface area contributed by atoms with Crippen LogP contribution in [0.1, 0.15) is 143 Å². The first-order valence-corrected chi connectivity index (χ1v) is 44.8. The molecular weight excluding hydrogens is 1750 g/mol. The molecule has 0 unspecified atom stereocenters. The summed E-state index contributed by atoms with van der Waals surface area (Å²) in [5.41, 5.74) is 35.2. The van der Waals surface area contributed by atoms with Crippen molar-refractivity contribution in [2.24, 2.45) is 46.6 Å². The van der Waals surface area contributed by atoms with Crippen LogP contribution in [-0.2, 0) is 115 Å². The van der Waals surface area contributed by atoms with Crippen LogP contribution in [-0.4, -0.2) is 166 Å². The fourth-order valence-corrected chi connectivity index (χ4v) is 14.5. The zero-order valence-electron chi connectivity index (χ0n) is 76.1. The van der Waals surface area contributed by atoms with Crippen molar-refractivity contribution < 1.29 is 107 Å². The molecule has 0 spiro atoms. The van der Waals surface area contributed by atoms with E-state index in [1.165, 1.54) is 31.6 Å². The van der Waals surface area contributed by atoms with Crippen LogP contribution in [0.5, 0.6) is 5.75 Å². The van der Waals surface area contributed by atoms with Crippen molar-refractivity contribution in [2.75, 3.05) is 6.61 Å². The first kappa shape index (κ1) is 108. The second kappa shape index (κ2) is 57.7. The monoisotopic (exact) mass is 1870 g/mol. The number of carboxylic acid groups (broad SMARTS) is 4. The third-order valence-electron chi connectivity index (χ3n) is 22.5. The second-order valence-corrected chi connectivity index (χ2v) is 33.1. The molecule has 0 fully saturated rings. The highest BCUT2D eigenvalue weighted by molar-refractivity contribution is 5.96. The van der Waals surface area contributed by atoms with Crippen molar-refractivity contribution in [3.63, 3.8) is 0 Å². The Labute approximate surface area is 793 Å². The number of phenolic OH excluding ortho intramolecular Hbond substituents is 1. The summed E-state index contributed by atoms with van der Waals surface area (Å²) in [7, 11) is 0. The number of aliphatic hydroxyl groups is 1. The van der Waals surface area contributed by atoms with E-state index < -0.39 is 131 Å². The lowest BCUT2D eigenvalue weighted by atomic mass is 9.90. The van der Waals surface area contributed by atoms with E-state index in [1.807, 2.05) is 218 Å². The van der Waals surface area contributed by atoms with Crippen molar-refractivity contribution in [1.82, 2.24) is 31.2 Å². The third kappa shape index (κ3) is 40.7. The Morgan fingerprint density at radius 2 is 0.555 bits per heavy atom. The minimum atomic E-state index is -1.11. The molecule has 0 saturated heterocycles. The number of ketones is 4. The molecule has 1 heterocycles. The number of benzene rings is 9. The molecule has 9 aromatic carbocycles. The number of nitrogens with zero attached hydrogens (tertiary/aromatic N) is 1. The number of rotatable bonds is 53. The number of carboxylic acids is 4. The van der Waals surface area contributed by atoms with Gasteiger partial charge in [-0.25, -0.2) is 4.98 Å². The number of nitrogens with one attached hydrogen (secondary N) is 5. The predicted molar refractivity (Wildman–Crippen MR) is 512 cm³/mol. The van der Waals surface area contributed by atoms with Gasteiger partial charge in [-0.05, 0) is 142 Å². The molecule has 19 N–H and O–H groups in total. The lowest BCUT2D eigenvalue weighted by molar-refractivity contribution is -0.139. The number of amides is 8. The molecule has 1 aromatic heterocycles. The highest BCUT2D eigenvalue weighted by Gasteiger charge is 2.32. The number of imidazole rings is 1. The van der Waals surface area contributed by atoms with E-state index in [0.717, 1.165) is 66.8 Å². The Bertz CT molecular complexity index is 5620. The maximum Gasteiger partial charge on any atom is 0.303 e. The Balaban J connectivity index is 0.000000250. The Hall–Kier alpha value is -15.7. The van der Waals surface area contributed by atoms with Crippen LogP contribution >= 0.6 is 0 Å². The average Bonchev–Trinajstić information content (AvgIpc) is 1.64. The minimum absolute atomic E-state index is 0.0306. The van der Waals surface area contributed by atoms with Crippen LogP contribution in [0.4, 0.5) is 0 Å². The molecule has 0 aliphatic heterocycles. The SMILES string of the molecule is C[C@H](CC(=O)[C@H](CCC(=O)O)NC(=O)CCc1ccc(-c2ccccc2)cc1)C(N)=O.NC(=O)[C@@H](CC(=O)[C@H](CCC(=O)O)NC(=O)CCc1ccc(-c2ccccc2)cc1)Cc1ccc(O)cc1.NC(=O)[C@@H](CC(=O)[C@H](CCC(=O)O)NC(=O)CCc1ccc(-c2ccccc2)cc1)Cc1cnc[nH]1.NC(=O)[C@H](CO)CC(=O)[C@H](CCC(=O)O)NC(=O)CCc1ccc(-c2ccccc2)cc1. The van der Waals surface area contributed by atoms with Crippen LogP contribution in [0.25, 0.3) is 44.5 Å². The second-order valence-electron chi connectivity index (χ2n) is 33.1. The number of carbonyl (C=O) groups is 16. The summed E-state index contributed by atoms with van der Waals surface area (Å²) in [5.74, 6) is -13.7. The van der Waals surface area contributed by atoms with Crippen molar-refractivity contribution in [3.8, 4) is 50.3 Å². The number of Topliss-reactive ketones (excluding diaryl/α,β-unsaturated/α-hetero) is 4. The summed E-state index contributed by atoms with van der Waals surface area (Å²) < 4.78 is 0. The number of hydrogen-bond acceptors (Lipinski definition) is 19. The number of aliphatic hydroxyl groups excluding tert-OH is 1. The molecule has 10 rings (SSSR count). The van der Waals surface area contributed by atoms with Gasteiger partial charge in [0.25, 0.3) is 0 Å². The number of aliphatic carboxylic acids is 4. The third-order valence-corrected chi connectivity index (χ3v) is 22.5. The van der Waals surface area contributed by atoms with Gasteiger partial charge in [-0.1, -0.05) is 237 Å². The number of phenols is 1. The lowest BCUT2D eigenvalue weighted by Crippen LogP contribution is -2.43. The highest BCUT2D eigenvalue weighted by Crippen LogP contribution is 2.27. The van der Waals surface area contributed by atoms with Crippen molar-refractivity contribution in [2.45, 2.75) is 172 Å². The van der Waals surface area contributed by atoms with Gasteiger partial charge < -0.3 is 79.8 Å². The molecule has 0 radical (unpaired) electrons. The summed E-state index contributed by atoms with van der Waals surface area (Å²) in [5, 5.41) is 65.1. The van der Waals surface area contributed by atoms with Crippen LogP contribution in [0.2, 0.25) is 0 Å². The summed E-state index contributed by atoms with van der Waals surface area (Å²) >= 11 is 0. The zero-order valence-corrected chi connectivity index (χ0v) is 76.1. The Morgan fingerprint density at radius 3 is 0.796 bits per heavy atom. The lowest BCUT2D eigenvalue weighted by Gasteiger charge is -2.20. The number of carbonyl (C=O) groups excluding carboxylic acids is 12. The maximum atomic E-state index is 13.0. The number of nitrogens with two attached hydrogens (primary N) is 4. The van der Waals surface area contributed by atoms with Gasteiger partial charge in [0.05, 0.1) is 48.9 Å². The van der Waals surface area contributed by atoms with Gasteiger partial charge in [0.15, 0.2) is 23.1 Å². The van der Waals surface area contributed by atoms with Crippen LogP contribution in [0.3, 0.4) is 0 Å². The average molecular weight is 1870 g/mol. The van der Waals surface area contributed by atoms with Crippen molar-refractivity contribution in [3.05, 3.63) is 289 Å². The fraction of sp³-hybridized carbons (Fsp3) is 0.305. The first-order valence-electron chi connectivity index (χ1n) is 44.8. The number of primary amides is 4. The summed E-state index contributed by atoms with van der Waals surface area (Å²) in [6.45, 7) is 0.926. The fourth-order valence-electron chi connectivity index (χ4n) is 14.5. The van der Waals surface area contributed by atoms with Crippen molar-refractivity contribution >= 4 is 94.3 Å². The number of H-pyrrole nitrogens is 1. The molecule has 10 aromatic rings. The topological polar surface area (TPSA) is 575 Å². The minimum Gasteiger partial charge on any atom is -0.508 e. The Kier molecular flexibility index (Phi) is 45.6. The Morgan fingerprint density at radius 1 is 0.307 bits per heavy atom. The van der Waals surface area contributed by atoms with Gasteiger partial charge >= 0.3 is 23.9 Å². The smallest absolute Gasteiger partial charge is 0.303 e. The zero-order chi connectivity index (χ0) is 99.7. The molecule has 137 heavy (non-hydrogen) atoms. The normalized spacial score (nSPS) is 12.5. The standard InChI is InChI=1S/C30H32N2O6.C27H30N4O5.C24H28N2O6.C24H28N2O5/c31-30(38)24(18-21-8-13-25(33)14-9-21)19-27(34)26(15-17-29(36)37)32-28(35)16-10-20-6-11-23(12-7-20)22-4-2-1-3-5-22;28-27(36)21(14-22-16-29-17-30-22)15-24(32)23(11-13-26(34)35)31-25(33)12-8-18-6-9-20(10-7-18)19-4-2-1-3-5-19;25-24(32)19(15-27)14-21(28)20(11-13-23(30)31)26-22(29)12-8-16-6-9-18(10-7-16)17-4-2-1-3-5-17;1-16(24(25)31)15-21(27)20(12-14-23(29)30)26-22(28)13-9-17-7-10-19(11-8-17)18-5-3-2-4-6-18/h1-9,11-14,24,26,33H,10,15-19H2,(H2,31,38)(H,32,35)(H,36,37);1-7,9-10,16-17,21,23H,8,11-15H2,(H2,28,36)(H,29,30)(H,31,33)(H,34,35);1-7,9-10,19-20,27H,8,11-15H2,(H2,25,32)(H,26,29)(H,30,31);2-8,10-11,16,20H,9,12-15H2,1H3,(H2,25,31)(H,26,28)(H,29,30)/t24-,26+;21-,23+;19-,20-;16-,20+/m1101/s1. The molecule has 8 amide bonds. The molecule has 720 valence electrons. The van der Waals surface area contributed by atoms with Crippen molar-refractivity contribution in [1.29, 1.82) is 0 Å².